The summed E-state index contributed by atoms with van der Waals surface area (Å²) in [6, 6.07) is 23.6. The second-order valence-corrected chi connectivity index (χ2v) is 10.4. The molecule has 0 spiro atoms. The number of aliphatic imine (C=N–C) groups is 1. The third-order valence-electron chi connectivity index (χ3n) is 6.41. The summed E-state index contributed by atoms with van der Waals surface area (Å²) >= 11 is 1.54. The molecule has 198 valence electrons. The van der Waals surface area contributed by atoms with E-state index in [1.54, 1.807) is 0 Å². The molecule has 0 saturated carbocycles. The van der Waals surface area contributed by atoms with Crippen LogP contribution in [0.1, 0.15) is 67.6 Å². The topological polar surface area (TPSA) is 47.9 Å². The summed E-state index contributed by atoms with van der Waals surface area (Å²) < 4.78 is 12.9. The number of hydrogen-bond acceptors (Lipinski definition) is 5. The first kappa shape index (κ1) is 27.6. The molecular formula is C33H37NO3S. The number of benzene rings is 3. The van der Waals surface area contributed by atoms with Crippen molar-refractivity contribution in [3.63, 3.8) is 0 Å². The van der Waals surface area contributed by atoms with Crippen LogP contribution in [0, 0.1) is 0 Å². The first-order valence-electron chi connectivity index (χ1n) is 13.7. The van der Waals surface area contributed by atoms with Crippen molar-refractivity contribution in [2.24, 2.45) is 4.99 Å². The molecule has 1 heterocycles. The maximum atomic E-state index is 13.6. The average molecular weight is 528 g/mol. The predicted molar refractivity (Wildman–Crippen MR) is 161 cm³/mol. The van der Waals surface area contributed by atoms with E-state index in [-0.39, 0.29) is 5.78 Å². The van der Waals surface area contributed by atoms with Crippen molar-refractivity contribution in [1.29, 1.82) is 0 Å². The van der Waals surface area contributed by atoms with E-state index >= 15 is 0 Å². The zero-order chi connectivity index (χ0) is 26.6. The van der Waals surface area contributed by atoms with Crippen molar-refractivity contribution in [3.05, 3.63) is 83.2 Å². The Hall–Kier alpha value is -3.44. The van der Waals surface area contributed by atoms with Gasteiger partial charge in [0.25, 0.3) is 0 Å². The number of rotatable bonds is 15. The van der Waals surface area contributed by atoms with Crippen LogP contribution in [-0.2, 0) is 0 Å². The lowest BCUT2D eigenvalue weighted by atomic mass is 9.98. The van der Waals surface area contributed by atoms with Gasteiger partial charge < -0.3 is 9.47 Å². The summed E-state index contributed by atoms with van der Waals surface area (Å²) in [7, 11) is 0. The highest BCUT2D eigenvalue weighted by Crippen LogP contribution is 2.42. The molecular weight excluding hydrogens is 490 g/mol. The normalized spacial score (nSPS) is 11.3. The van der Waals surface area contributed by atoms with Gasteiger partial charge in [0.1, 0.15) is 18.1 Å². The summed E-state index contributed by atoms with van der Waals surface area (Å²) in [5, 5.41) is 1.03. The van der Waals surface area contributed by atoms with Gasteiger partial charge in [0.15, 0.2) is 0 Å². The molecule has 38 heavy (non-hydrogen) atoms. The Kier molecular flexibility index (Phi) is 10.5. The second kappa shape index (κ2) is 14.5. The molecule has 0 fully saturated rings. The van der Waals surface area contributed by atoms with Gasteiger partial charge in [-0.25, -0.2) is 0 Å². The molecule has 0 N–H and O–H groups in total. The molecule has 3 aromatic carbocycles. The Morgan fingerprint density at radius 1 is 0.842 bits per heavy atom. The van der Waals surface area contributed by atoms with Gasteiger partial charge >= 0.3 is 0 Å². The summed E-state index contributed by atoms with van der Waals surface area (Å²) in [4.78, 5) is 18.8. The van der Waals surface area contributed by atoms with Crippen molar-refractivity contribution in [2.45, 2.75) is 52.4 Å². The van der Waals surface area contributed by atoms with E-state index in [4.69, 9.17) is 9.47 Å². The number of unbranched alkanes of at least 4 members (excludes halogenated alkanes) is 4. The van der Waals surface area contributed by atoms with Gasteiger partial charge in [-0.3, -0.25) is 9.79 Å². The number of fused-ring (bicyclic) bond motifs is 1. The molecule has 4 nitrogen and oxygen atoms in total. The van der Waals surface area contributed by atoms with Gasteiger partial charge in [-0.15, -0.1) is 11.3 Å². The third-order valence-corrected chi connectivity index (χ3v) is 7.58. The molecule has 0 saturated heterocycles. The van der Waals surface area contributed by atoms with Crippen LogP contribution in [0.5, 0.6) is 11.5 Å². The number of ether oxygens (including phenoxy) is 2. The molecule has 0 amide bonds. The fraction of sp³-hybridized carbons (Fsp3) is 0.333. The fourth-order valence-corrected chi connectivity index (χ4v) is 5.46. The van der Waals surface area contributed by atoms with Gasteiger partial charge in [-0.05, 0) is 48.7 Å². The van der Waals surface area contributed by atoms with E-state index in [2.05, 4.69) is 31.0 Å². The smallest absolute Gasteiger partial charge is 0.203 e. The molecule has 5 heteroatoms. The second-order valence-electron chi connectivity index (χ2n) is 9.35. The highest BCUT2D eigenvalue weighted by molar-refractivity contribution is 7.21. The standard InChI is InChI=1S/C33H37NO3S/c1-3-5-7-11-20-34-21-23-37-27-16-14-25(15-17-27)31-29-24-28(36-22-6-4-2)18-19-30(29)38-33(31)32(35)26-12-9-8-10-13-26/h8-10,12-19,21,24H,3-7,11,20,22-23H2,1-2H3. The molecule has 0 aliphatic carbocycles. The Labute approximate surface area is 230 Å². The molecule has 0 aliphatic rings. The van der Waals surface area contributed by atoms with Crippen LogP contribution < -0.4 is 9.47 Å². The van der Waals surface area contributed by atoms with E-state index < -0.39 is 0 Å². The van der Waals surface area contributed by atoms with Gasteiger partial charge in [-0.1, -0.05) is 82.0 Å². The van der Waals surface area contributed by atoms with Gasteiger partial charge in [0.2, 0.25) is 5.78 Å². The van der Waals surface area contributed by atoms with Crippen molar-refractivity contribution < 1.29 is 14.3 Å². The summed E-state index contributed by atoms with van der Waals surface area (Å²) in [5.41, 5.74) is 2.62. The van der Waals surface area contributed by atoms with E-state index in [0.29, 0.717) is 18.8 Å². The molecule has 0 radical (unpaired) electrons. The van der Waals surface area contributed by atoms with Crippen LogP contribution in [0.15, 0.2) is 77.8 Å². The van der Waals surface area contributed by atoms with Gasteiger partial charge in [0.05, 0.1) is 11.5 Å². The van der Waals surface area contributed by atoms with E-state index in [9.17, 15) is 4.79 Å². The maximum Gasteiger partial charge on any atom is 0.203 e. The third kappa shape index (κ3) is 7.32. The Morgan fingerprint density at radius 3 is 2.37 bits per heavy atom. The number of carbonyl (C=O) groups excluding carboxylic acids is 1. The lowest BCUT2D eigenvalue weighted by Crippen LogP contribution is -2.01. The van der Waals surface area contributed by atoms with Crippen molar-refractivity contribution in [3.8, 4) is 22.6 Å². The van der Waals surface area contributed by atoms with Gasteiger partial charge in [-0.2, -0.15) is 0 Å². The number of hydrogen-bond donors (Lipinski definition) is 0. The van der Waals surface area contributed by atoms with Crippen LogP contribution >= 0.6 is 11.3 Å². The zero-order valence-electron chi connectivity index (χ0n) is 22.4. The number of carbonyl (C=O) groups is 1. The molecule has 0 atom stereocenters. The van der Waals surface area contributed by atoms with E-state index in [1.807, 2.05) is 66.9 Å². The molecule has 0 bridgehead atoms. The Bertz CT molecular complexity index is 1330. The molecule has 4 rings (SSSR count). The minimum atomic E-state index is 0.0331. The van der Waals surface area contributed by atoms with Crippen molar-refractivity contribution >= 4 is 33.4 Å². The van der Waals surface area contributed by atoms with Crippen LogP contribution in [0.3, 0.4) is 0 Å². The summed E-state index contributed by atoms with van der Waals surface area (Å²) in [6.45, 7) is 6.36. The van der Waals surface area contributed by atoms with Crippen molar-refractivity contribution in [1.82, 2.24) is 0 Å². The molecule has 1 aromatic heterocycles. The minimum absolute atomic E-state index is 0.0331. The highest BCUT2D eigenvalue weighted by atomic mass is 32.1. The summed E-state index contributed by atoms with van der Waals surface area (Å²) in [5.74, 6) is 1.65. The molecule has 0 aliphatic heterocycles. The van der Waals surface area contributed by atoms with Crippen LogP contribution in [0.4, 0.5) is 0 Å². The Balaban J connectivity index is 1.57. The van der Waals surface area contributed by atoms with Crippen LogP contribution in [0.2, 0.25) is 0 Å². The Morgan fingerprint density at radius 2 is 1.61 bits per heavy atom. The van der Waals surface area contributed by atoms with E-state index in [1.165, 1.54) is 30.6 Å². The maximum absolute atomic E-state index is 13.6. The largest absolute Gasteiger partial charge is 0.494 e. The van der Waals surface area contributed by atoms with E-state index in [0.717, 1.165) is 63.4 Å². The minimum Gasteiger partial charge on any atom is -0.494 e. The number of ketones is 1. The lowest BCUT2D eigenvalue weighted by molar-refractivity contribution is 0.104. The van der Waals surface area contributed by atoms with Crippen LogP contribution in [0.25, 0.3) is 21.2 Å². The van der Waals surface area contributed by atoms with Gasteiger partial charge in [0, 0.05) is 34.0 Å². The monoisotopic (exact) mass is 527 g/mol. The highest BCUT2D eigenvalue weighted by Gasteiger charge is 2.21. The first-order chi connectivity index (χ1) is 18.7. The lowest BCUT2D eigenvalue weighted by Gasteiger charge is -2.09. The molecule has 0 unspecified atom stereocenters. The number of thiophene rings is 1. The number of nitrogens with zero attached hydrogens (tertiary/aromatic N) is 1. The summed E-state index contributed by atoms with van der Waals surface area (Å²) in [6.07, 6.45) is 8.81. The molecule has 4 aromatic rings. The quantitative estimate of drug-likeness (QED) is 0.0880. The van der Waals surface area contributed by atoms with Crippen LogP contribution in [-0.4, -0.2) is 31.8 Å². The first-order valence-corrected chi connectivity index (χ1v) is 14.5. The fourth-order valence-electron chi connectivity index (χ4n) is 4.29. The predicted octanol–water partition coefficient (Wildman–Crippen LogP) is 9.01. The average Bonchev–Trinajstić information content (AvgIpc) is 3.34. The zero-order valence-corrected chi connectivity index (χ0v) is 23.3. The SMILES string of the molecule is CCCCCCN=CCOc1ccc(-c2c(C(=O)c3ccccc3)sc3ccc(OCCCC)cc23)cc1. The van der Waals surface area contributed by atoms with Crippen molar-refractivity contribution in [2.75, 3.05) is 19.8 Å².